The Kier molecular flexibility index (Phi) is 3.67. The summed E-state index contributed by atoms with van der Waals surface area (Å²) >= 11 is 1.56. The van der Waals surface area contributed by atoms with E-state index >= 15 is 0 Å². The summed E-state index contributed by atoms with van der Waals surface area (Å²) in [5.41, 5.74) is 1.85. The first-order valence-electron chi connectivity index (χ1n) is 6.40. The van der Waals surface area contributed by atoms with Gasteiger partial charge in [0.15, 0.2) is 0 Å². The van der Waals surface area contributed by atoms with Crippen molar-refractivity contribution >= 4 is 22.7 Å². The van der Waals surface area contributed by atoms with E-state index in [1.807, 2.05) is 48.5 Å². The minimum Gasteiger partial charge on any atom is -0.389 e. The normalized spacial score (nSPS) is 12.5. The lowest BCUT2D eigenvalue weighted by Crippen LogP contribution is -1.94. The molecule has 100 valence electrons. The molecular weight excluding hydrogens is 268 g/mol. The van der Waals surface area contributed by atoms with Gasteiger partial charge >= 0.3 is 0 Å². The van der Waals surface area contributed by atoms with Crippen molar-refractivity contribution < 1.29 is 5.11 Å². The molecule has 0 bridgehead atoms. The summed E-state index contributed by atoms with van der Waals surface area (Å²) in [5.74, 6) is 0. The van der Waals surface area contributed by atoms with Crippen molar-refractivity contribution in [1.29, 1.82) is 0 Å². The van der Waals surface area contributed by atoms with Crippen molar-refractivity contribution in [3.8, 4) is 0 Å². The number of hydrogen-bond donors (Lipinski definition) is 1. The summed E-state index contributed by atoms with van der Waals surface area (Å²) < 4.78 is 0. The first-order chi connectivity index (χ1) is 9.75. The average Bonchev–Trinajstić information content (AvgIpc) is 2.48. The van der Waals surface area contributed by atoms with Crippen LogP contribution >= 0.6 is 11.8 Å². The van der Waals surface area contributed by atoms with Gasteiger partial charge in [0, 0.05) is 10.3 Å². The fourth-order valence-electron chi connectivity index (χ4n) is 2.08. The van der Waals surface area contributed by atoms with Gasteiger partial charge < -0.3 is 5.11 Å². The first-order valence-corrected chi connectivity index (χ1v) is 7.22. The zero-order chi connectivity index (χ0) is 13.9. The molecule has 0 spiro atoms. The van der Waals surface area contributed by atoms with Crippen LogP contribution in [-0.4, -0.2) is 15.1 Å². The van der Waals surface area contributed by atoms with Crippen LogP contribution in [0.3, 0.4) is 0 Å². The Morgan fingerprint density at radius 1 is 1.00 bits per heavy atom. The lowest BCUT2D eigenvalue weighted by Gasteiger charge is -2.11. The minimum absolute atomic E-state index is 0.494. The highest BCUT2D eigenvalue weighted by Crippen LogP contribution is 2.35. The molecule has 0 saturated carbocycles. The van der Waals surface area contributed by atoms with Crippen LogP contribution in [0, 0.1) is 0 Å². The number of hydrogen-bond acceptors (Lipinski definition) is 4. The second-order valence-corrected chi connectivity index (χ2v) is 5.54. The Labute approximate surface area is 121 Å². The number of aromatic nitrogens is 2. The van der Waals surface area contributed by atoms with Crippen molar-refractivity contribution in [2.45, 2.75) is 22.9 Å². The zero-order valence-electron chi connectivity index (χ0n) is 11.0. The molecule has 1 heterocycles. The average molecular weight is 282 g/mol. The van der Waals surface area contributed by atoms with Gasteiger partial charge in [0.1, 0.15) is 11.4 Å². The number of aliphatic hydroxyl groups excluding tert-OH is 1. The Bertz CT molecular complexity index is 738. The maximum absolute atomic E-state index is 9.85. The summed E-state index contributed by atoms with van der Waals surface area (Å²) in [5, 5.41) is 11.8. The van der Waals surface area contributed by atoms with Gasteiger partial charge in [-0.1, -0.05) is 48.2 Å². The number of para-hydroxylation sites is 1. The molecule has 1 aromatic heterocycles. The van der Waals surface area contributed by atoms with Crippen molar-refractivity contribution in [3.05, 3.63) is 60.4 Å². The maximum Gasteiger partial charge on any atom is 0.117 e. The monoisotopic (exact) mass is 282 g/mol. The van der Waals surface area contributed by atoms with Gasteiger partial charge in [-0.3, -0.25) is 0 Å². The number of fused-ring (bicyclic) bond motifs is 1. The second kappa shape index (κ2) is 5.61. The van der Waals surface area contributed by atoms with Crippen LogP contribution < -0.4 is 0 Å². The minimum atomic E-state index is -0.494. The molecule has 0 aliphatic carbocycles. The second-order valence-electron chi connectivity index (χ2n) is 4.51. The molecule has 1 atom stereocenters. The largest absolute Gasteiger partial charge is 0.389 e. The molecule has 3 aromatic rings. The highest BCUT2D eigenvalue weighted by molar-refractivity contribution is 7.99. The SMILES string of the molecule is CC(O)c1ccccc1Sc1ncnc2ccccc12. The lowest BCUT2D eigenvalue weighted by atomic mass is 10.1. The van der Waals surface area contributed by atoms with Gasteiger partial charge in [-0.2, -0.15) is 0 Å². The third-order valence-electron chi connectivity index (χ3n) is 3.08. The van der Waals surface area contributed by atoms with Gasteiger partial charge in [-0.05, 0) is 24.6 Å². The van der Waals surface area contributed by atoms with Crippen molar-refractivity contribution in [3.63, 3.8) is 0 Å². The molecule has 0 radical (unpaired) electrons. The summed E-state index contributed by atoms with van der Waals surface area (Å²) in [4.78, 5) is 9.66. The van der Waals surface area contributed by atoms with Crippen LogP contribution in [0.5, 0.6) is 0 Å². The van der Waals surface area contributed by atoms with Crippen LogP contribution in [0.2, 0.25) is 0 Å². The molecule has 0 amide bonds. The van der Waals surface area contributed by atoms with Gasteiger partial charge in [-0.15, -0.1) is 0 Å². The summed E-state index contributed by atoms with van der Waals surface area (Å²) in [6.45, 7) is 1.78. The van der Waals surface area contributed by atoms with Crippen LogP contribution in [0.15, 0.2) is 64.8 Å². The lowest BCUT2D eigenvalue weighted by molar-refractivity contribution is 0.196. The zero-order valence-corrected chi connectivity index (χ0v) is 11.8. The third-order valence-corrected chi connectivity index (χ3v) is 4.19. The molecule has 0 saturated heterocycles. The Morgan fingerprint density at radius 3 is 2.60 bits per heavy atom. The number of rotatable bonds is 3. The number of aliphatic hydroxyl groups is 1. The molecule has 1 N–H and O–H groups in total. The molecule has 20 heavy (non-hydrogen) atoms. The number of benzene rings is 2. The standard InChI is InChI=1S/C16H14N2OS/c1-11(19)12-6-3-5-9-15(12)20-16-13-7-2-4-8-14(13)17-10-18-16/h2-11,19H,1H3. The molecule has 1 unspecified atom stereocenters. The van der Waals surface area contributed by atoms with E-state index in [1.54, 1.807) is 25.0 Å². The molecule has 2 aromatic carbocycles. The topological polar surface area (TPSA) is 46.0 Å². The van der Waals surface area contributed by atoms with Crippen LogP contribution in [0.4, 0.5) is 0 Å². The smallest absolute Gasteiger partial charge is 0.117 e. The third kappa shape index (κ3) is 2.53. The van der Waals surface area contributed by atoms with Crippen LogP contribution in [0.1, 0.15) is 18.6 Å². The molecule has 0 aliphatic heterocycles. The van der Waals surface area contributed by atoms with Gasteiger partial charge in [0.25, 0.3) is 0 Å². The fourth-order valence-corrected chi connectivity index (χ4v) is 3.18. The molecule has 0 aliphatic rings. The number of nitrogens with zero attached hydrogens (tertiary/aromatic N) is 2. The maximum atomic E-state index is 9.85. The molecular formula is C16H14N2OS. The van der Waals surface area contributed by atoms with E-state index in [2.05, 4.69) is 9.97 Å². The van der Waals surface area contributed by atoms with E-state index in [1.165, 1.54) is 0 Å². The van der Waals surface area contributed by atoms with E-state index in [0.717, 1.165) is 26.4 Å². The van der Waals surface area contributed by atoms with Gasteiger partial charge in [0.05, 0.1) is 11.6 Å². The Morgan fingerprint density at radius 2 is 1.75 bits per heavy atom. The molecule has 4 heteroatoms. The summed E-state index contributed by atoms with van der Waals surface area (Å²) in [7, 11) is 0. The predicted octanol–water partition coefficient (Wildman–Crippen LogP) is 3.83. The Balaban J connectivity index is 2.06. The van der Waals surface area contributed by atoms with E-state index in [-0.39, 0.29) is 0 Å². The van der Waals surface area contributed by atoms with E-state index in [4.69, 9.17) is 0 Å². The highest BCUT2D eigenvalue weighted by atomic mass is 32.2. The molecule has 3 nitrogen and oxygen atoms in total. The van der Waals surface area contributed by atoms with Crippen molar-refractivity contribution in [2.75, 3.05) is 0 Å². The fraction of sp³-hybridized carbons (Fsp3) is 0.125. The quantitative estimate of drug-likeness (QED) is 0.741. The first kappa shape index (κ1) is 13.1. The van der Waals surface area contributed by atoms with E-state index < -0.39 is 6.10 Å². The molecule has 3 rings (SSSR count). The van der Waals surface area contributed by atoms with Gasteiger partial charge in [0.2, 0.25) is 0 Å². The van der Waals surface area contributed by atoms with Crippen molar-refractivity contribution in [1.82, 2.24) is 9.97 Å². The van der Waals surface area contributed by atoms with E-state index in [9.17, 15) is 5.11 Å². The van der Waals surface area contributed by atoms with Crippen LogP contribution in [-0.2, 0) is 0 Å². The predicted molar refractivity (Wildman–Crippen MR) is 80.7 cm³/mol. The van der Waals surface area contributed by atoms with E-state index in [0.29, 0.717) is 0 Å². The molecule has 0 fully saturated rings. The van der Waals surface area contributed by atoms with Crippen LogP contribution in [0.25, 0.3) is 10.9 Å². The summed E-state index contributed by atoms with van der Waals surface area (Å²) in [6, 6.07) is 15.8. The summed E-state index contributed by atoms with van der Waals surface area (Å²) in [6.07, 6.45) is 1.09. The highest BCUT2D eigenvalue weighted by Gasteiger charge is 2.11. The van der Waals surface area contributed by atoms with Gasteiger partial charge in [-0.25, -0.2) is 9.97 Å². The Hall–Kier alpha value is -1.91. The van der Waals surface area contributed by atoms with Crippen molar-refractivity contribution in [2.24, 2.45) is 0 Å².